The topological polar surface area (TPSA) is 51.4 Å². The number of benzene rings is 3. The Morgan fingerprint density at radius 2 is 0.595 bits per heavy atom. The van der Waals surface area contributed by atoms with Gasteiger partial charge in [0.2, 0.25) is 0 Å². The van der Waals surface area contributed by atoms with Gasteiger partial charge in [-0.25, -0.2) is 9.67 Å². The molecule has 5 nitrogen and oxygen atoms in total. The molecule has 8 aromatic rings. The molecule has 0 unspecified atom stereocenters. The number of thiophene rings is 1. The Bertz CT molecular complexity index is 3510. The number of fused-ring (bicyclic) bond motifs is 4. The van der Waals surface area contributed by atoms with Gasteiger partial charge in [-0.1, -0.05) is 145 Å². The van der Waals surface area contributed by atoms with Crippen LogP contribution >= 0.6 is 11.3 Å². The third kappa shape index (κ3) is 12.8. The van der Waals surface area contributed by atoms with Crippen molar-refractivity contribution in [2.45, 2.75) is 313 Å². The minimum Gasteiger partial charge on any atom is -0.360 e. The minimum absolute atomic E-state index is 0.0168. The average molecular weight is 1160 g/mol. The Morgan fingerprint density at radius 3 is 0.857 bits per heavy atom. The van der Waals surface area contributed by atoms with E-state index in [0.717, 1.165) is 17.0 Å². The van der Waals surface area contributed by atoms with Crippen LogP contribution in [0.25, 0.3) is 43.4 Å². The van der Waals surface area contributed by atoms with E-state index < -0.39 is 0 Å². The number of pyridine rings is 1. The van der Waals surface area contributed by atoms with Crippen molar-refractivity contribution in [2.75, 3.05) is 0 Å². The highest BCUT2D eigenvalue weighted by atomic mass is 32.1. The van der Waals surface area contributed by atoms with Gasteiger partial charge in [-0.2, -0.15) is 5.10 Å². The van der Waals surface area contributed by atoms with Gasteiger partial charge in [0.15, 0.2) is 5.65 Å². The maximum atomic E-state index is 4.93. The molecule has 84 heavy (non-hydrogen) atoms. The van der Waals surface area contributed by atoms with Crippen LogP contribution in [0.3, 0.4) is 0 Å². The van der Waals surface area contributed by atoms with Crippen LogP contribution in [0, 0.1) is 104 Å². The van der Waals surface area contributed by atoms with E-state index in [0.29, 0.717) is 0 Å². The monoisotopic (exact) mass is 1160 g/mol. The molecule has 0 fully saturated rings. The van der Waals surface area contributed by atoms with Gasteiger partial charge >= 0.3 is 0 Å². The van der Waals surface area contributed by atoms with Crippen molar-refractivity contribution in [2.24, 2.45) is 7.05 Å². The molecule has 0 aliphatic carbocycles. The second kappa shape index (κ2) is 22.8. The van der Waals surface area contributed by atoms with Crippen LogP contribution in [-0.4, -0.2) is 24.3 Å². The van der Waals surface area contributed by atoms with Gasteiger partial charge in [-0.05, 0) is 224 Å². The Kier molecular flexibility index (Phi) is 19.0. The van der Waals surface area contributed by atoms with Gasteiger partial charge in [0.1, 0.15) is 0 Å². The van der Waals surface area contributed by atoms with Gasteiger partial charge in [-0.3, -0.25) is 0 Å². The number of nitrogens with one attached hydrogen (secondary N) is 1. The highest BCUT2D eigenvalue weighted by Gasteiger charge is 2.35. The Morgan fingerprint density at radius 1 is 0.310 bits per heavy atom. The summed E-state index contributed by atoms with van der Waals surface area (Å²) in [7, 11) is 2.25. The lowest BCUT2D eigenvalue weighted by Crippen LogP contribution is -2.24. The Hall–Kier alpha value is -4.68. The van der Waals surface area contributed by atoms with Crippen LogP contribution in [0.4, 0.5) is 0 Å². The summed E-state index contributed by atoms with van der Waals surface area (Å²) in [5.41, 5.74) is 29.8. The highest BCUT2D eigenvalue weighted by molar-refractivity contribution is 7.14. The first-order chi connectivity index (χ1) is 37.5. The summed E-state index contributed by atoms with van der Waals surface area (Å²) in [6, 6.07) is 0. The van der Waals surface area contributed by atoms with Gasteiger partial charge in [0.25, 0.3) is 0 Å². The molecule has 5 heterocycles. The predicted octanol–water partition coefficient (Wildman–Crippen LogP) is 23.1. The van der Waals surface area contributed by atoms with Crippen LogP contribution < -0.4 is 0 Å². The molecule has 6 heteroatoms. The molecule has 0 aliphatic heterocycles. The molecule has 5 aromatic heterocycles. The maximum absolute atomic E-state index is 4.93. The molecule has 0 amide bonds. The fraction of sp³-hybridized carbons (Fsp3) is 0.615. The van der Waals surface area contributed by atoms with Crippen molar-refractivity contribution < 1.29 is 0 Å². The number of aromatic nitrogens is 5. The zero-order valence-corrected chi connectivity index (χ0v) is 62.5. The van der Waals surface area contributed by atoms with Crippen LogP contribution in [0.15, 0.2) is 0 Å². The molecular formula is C78H121N5S. The first-order valence-electron chi connectivity index (χ1n) is 31.6. The molecule has 8 rings (SSSR count). The summed E-state index contributed by atoms with van der Waals surface area (Å²) in [6.45, 7) is 88.8. The first-order valence-corrected chi connectivity index (χ1v) is 32.4. The van der Waals surface area contributed by atoms with E-state index in [1.807, 2.05) is 11.3 Å². The van der Waals surface area contributed by atoms with E-state index in [1.54, 1.807) is 9.75 Å². The number of aromatic amines is 1. The van der Waals surface area contributed by atoms with Crippen LogP contribution in [-0.2, 0) is 50.5 Å². The largest absolute Gasteiger partial charge is 0.360 e. The van der Waals surface area contributed by atoms with E-state index in [-0.39, 0.29) is 43.4 Å². The van der Waals surface area contributed by atoms with Crippen molar-refractivity contribution in [3.05, 3.63) is 122 Å². The SMILES string of the molecule is Cc1c(C)c(C)c2c(C(C)(C)C)[nH]c(C(C)(C)C)c2c1C.Cc1c(C)c(C)c2c(C(C)(C)C)n(C)c(C(C)(C)C)c2c1C.Cc1c(C)c(C)c2c(C(C)(C)C)sc(C(C)(C)C)c2c1C.Cc1nc2c(c(C(C)(C)C)nn2C(C)(C)C)c(C)c1C. The molecule has 0 spiro atoms. The second-order valence-electron chi connectivity index (χ2n) is 34.0. The lowest BCUT2D eigenvalue weighted by Gasteiger charge is -2.25. The Balaban J connectivity index is 0.000000205. The smallest absolute Gasteiger partial charge is 0.159 e. The number of rotatable bonds is 0. The van der Waals surface area contributed by atoms with Gasteiger partial charge in [0.05, 0.1) is 11.2 Å². The molecular weight excluding hydrogens is 1040 g/mol. The van der Waals surface area contributed by atoms with E-state index in [4.69, 9.17) is 10.1 Å². The van der Waals surface area contributed by atoms with E-state index in [2.05, 4.69) is 291 Å². The summed E-state index contributed by atoms with van der Waals surface area (Å²) in [6.07, 6.45) is 0. The first kappa shape index (κ1) is 70.1. The van der Waals surface area contributed by atoms with Crippen LogP contribution in [0.5, 0.6) is 0 Å². The molecule has 0 bridgehead atoms. The number of nitrogens with zero attached hydrogens (tertiary/aromatic N) is 4. The van der Waals surface area contributed by atoms with Crippen molar-refractivity contribution in [3.63, 3.8) is 0 Å². The molecule has 0 saturated carbocycles. The third-order valence-corrected chi connectivity index (χ3v) is 20.9. The summed E-state index contributed by atoms with van der Waals surface area (Å²) < 4.78 is 4.56. The number of hydrogen-bond donors (Lipinski definition) is 1. The quantitative estimate of drug-likeness (QED) is 0.165. The number of hydrogen-bond acceptors (Lipinski definition) is 3. The maximum Gasteiger partial charge on any atom is 0.159 e. The molecule has 3 aromatic carbocycles. The lowest BCUT2D eigenvalue weighted by atomic mass is 9.83. The average Bonchev–Trinajstić information content (AvgIpc) is 4.22. The molecule has 1 N–H and O–H groups in total. The predicted molar refractivity (Wildman–Crippen MR) is 378 cm³/mol. The highest BCUT2D eigenvalue weighted by Crippen LogP contribution is 2.49. The summed E-state index contributed by atoms with van der Waals surface area (Å²) >= 11 is 2.03. The zero-order chi connectivity index (χ0) is 65.3. The van der Waals surface area contributed by atoms with Gasteiger partial charge in [-0.15, -0.1) is 11.3 Å². The van der Waals surface area contributed by atoms with Gasteiger partial charge < -0.3 is 9.55 Å². The van der Waals surface area contributed by atoms with Crippen molar-refractivity contribution in [3.8, 4) is 0 Å². The Labute approximate surface area is 518 Å². The van der Waals surface area contributed by atoms with Crippen molar-refractivity contribution in [1.29, 1.82) is 0 Å². The van der Waals surface area contributed by atoms with E-state index in [9.17, 15) is 0 Å². The van der Waals surface area contributed by atoms with Crippen molar-refractivity contribution in [1.82, 2.24) is 24.3 Å². The number of aryl methyl sites for hydroxylation is 8. The van der Waals surface area contributed by atoms with Crippen molar-refractivity contribution >= 4 is 54.7 Å². The van der Waals surface area contributed by atoms with E-state index in [1.165, 1.54) is 138 Å². The summed E-state index contributed by atoms with van der Waals surface area (Å²) in [5.74, 6) is 0. The zero-order valence-electron chi connectivity index (χ0n) is 61.7. The molecule has 0 radical (unpaired) electrons. The molecule has 0 atom stereocenters. The number of H-pyrrole nitrogens is 1. The standard InChI is InChI=1S/C21H33N.C20H31N.C20H30S.C17H27N3/c1-12-13(2)15(4)17-16(14(12)3)18(20(5,6)7)22(11)19(17)21(8,9)10;2*1-11-12(2)14(4)16-15(13(11)3)17(19(5,6)7)21-18(16)20(8,9)10;1-10-11(2)13-14(16(4,5)6)19-20(17(7,8)9)15(13)18-12(10)3/h1-11H3;21H,1-10H3;1-10H3;1-9H3. The van der Waals surface area contributed by atoms with Crippen LogP contribution in [0.2, 0.25) is 0 Å². The fourth-order valence-corrected chi connectivity index (χ4v) is 14.6. The lowest BCUT2D eigenvalue weighted by molar-refractivity contribution is 0.357. The molecule has 0 aliphatic rings. The normalized spacial score (nSPS) is 13.2. The third-order valence-electron chi connectivity index (χ3n) is 18.9. The second-order valence-corrected chi connectivity index (χ2v) is 35.0. The minimum atomic E-state index is -0.0666. The summed E-state index contributed by atoms with van der Waals surface area (Å²) in [5, 5.41) is 15.1. The van der Waals surface area contributed by atoms with Crippen LogP contribution in [0.1, 0.15) is 288 Å². The fourth-order valence-electron chi connectivity index (χ4n) is 13.1. The molecule has 0 saturated heterocycles. The molecule has 464 valence electrons. The summed E-state index contributed by atoms with van der Waals surface area (Å²) in [4.78, 5) is 11.7. The van der Waals surface area contributed by atoms with Gasteiger partial charge in [0, 0.05) is 99.3 Å². The van der Waals surface area contributed by atoms with E-state index >= 15 is 0 Å².